The fourth-order valence-corrected chi connectivity index (χ4v) is 0.557. The highest BCUT2D eigenvalue weighted by Crippen LogP contribution is 1.97. The number of aliphatic hydroxyl groups is 1. The number of carbonyl (C=O) groups excluding carboxylic acids is 1. The topological polar surface area (TPSA) is 61.7 Å². The lowest BCUT2D eigenvalue weighted by molar-refractivity contribution is -0.117. The van der Waals surface area contributed by atoms with Crippen molar-refractivity contribution in [1.82, 2.24) is 5.32 Å². The number of aliphatic hydroxyl groups excluding tert-OH is 1. The summed E-state index contributed by atoms with van der Waals surface area (Å²) in [6, 6.07) is 0. The van der Waals surface area contributed by atoms with E-state index in [0.717, 1.165) is 0 Å². The summed E-state index contributed by atoms with van der Waals surface area (Å²) in [5.74, 6) is 0.303. The van der Waals surface area contributed by atoms with Crippen molar-refractivity contribution in [3.8, 4) is 0 Å². The number of thiol groups is 1. The van der Waals surface area contributed by atoms with Crippen LogP contribution in [0.25, 0.3) is 0 Å². The first-order valence-corrected chi connectivity index (χ1v) is 3.82. The average Bonchev–Trinajstić information content (AvgIpc) is 1.99. The van der Waals surface area contributed by atoms with E-state index in [9.17, 15) is 4.79 Å². The zero-order chi connectivity index (χ0) is 9.56. The summed E-state index contributed by atoms with van der Waals surface area (Å²) >= 11 is 3.89. The molecule has 1 amide bonds. The Kier molecular flexibility index (Phi) is 5.40. The Morgan fingerprint density at radius 2 is 2.25 bits per heavy atom. The predicted molar refractivity (Wildman–Crippen MR) is 51.1 cm³/mol. The molecule has 0 bridgehead atoms. The number of carbonyl (C=O) groups is 1. The summed E-state index contributed by atoms with van der Waals surface area (Å²) in [5, 5.41) is 11.0. The van der Waals surface area contributed by atoms with Crippen molar-refractivity contribution in [1.29, 1.82) is 0 Å². The summed E-state index contributed by atoms with van der Waals surface area (Å²) in [6.07, 6.45) is 1.38. The van der Waals surface area contributed by atoms with Crippen LogP contribution < -0.4 is 5.32 Å². The Morgan fingerprint density at radius 1 is 1.67 bits per heavy atom. The molecule has 0 atom stereocenters. The largest absolute Gasteiger partial charge is 0.391 e. The molecule has 0 heterocycles. The number of hydrogen-bond acceptors (Lipinski definition) is 4. The number of amides is 1. The lowest BCUT2D eigenvalue weighted by atomic mass is 10.6. The second-order valence-corrected chi connectivity index (χ2v) is 2.75. The number of rotatable bonds is 2. The second kappa shape index (κ2) is 5.79. The molecule has 0 aliphatic heterocycles. The van der Waals surface area contributed by atoms with Crippen molar-refractivity contribution >= 4 is 24.4 Å². The zero-order valence-electron chi connectivity index (χ0n) is 7.03. The molecular formula is C7H12N2O2S. The Hall–Kier alpha value is -0.810. The first kappa shape index (κ1) is 11.2. The maximum Gasteiger partial charge on any atom is 0.222 e. The van der Waals surface area contributed by atoms with E-state index < -0.39 is 0 Å². The Balaban J connectivity index is 4.08. The van der Waals surface area contributed by atoms with Crippen LogP contribution in [0.1, 0.15) is 13.8 Å². The van der Waals surface area contributed by atoms with Crippen molar-refractivity contribution in [2.45, 2.75) is 13.8 Å². The van der Waals surface area contributed by atoms with Crippen LogP contribution in [0.5, 0.6) is 0 Å². The number of amidine groups is 1. The van der Waals surface area contributed by atoms with E-state index in [1.54, 1.807) is 6.92 Å². The summed E-state index contributed by atoms with van der Waals surface area (Å²) in [7, 11) is 0. The molecule has 0 aromatic heterocycles. The van der Waals surface area contributed by atoms with Gasteiger partial charge in [-0.15, -0.1) is 12.6 Å². The first-order chi connectivity index (χ1) is 5.56. The van der Waals surface area contributed by atoms with Gasteiger partial charge in [0.1, 0.15) is 5.84 Å². The fourth-order valence-electron chi connectivity index (χ4n) is 0.499. The molecule has 0 aliphatic rings. The third-order valence-corrected chi connectivity index (χ3v) is 1.18. The molecule has 0 aromatic rings. The van der Waals surface area contributed by atoms with Gasteiger partial charge in [-0.25, -0.2) is 4.99 Å². The van der Waals surface area contributed by atoms with Gasteiger partial charge in [0, 0.05) is 18.0 Å². The summed E-state index contributed by atoms with van der Waals surface area (Å²) in [4.78, 5) is 14.8. The molecule has 0 rings (SSSR count). The number of nitrogens with zero attached hydrogens (tertiary/aromatic N) is 1. The predicted octanol–water partition coefficient (Wildman–Crippen LogP) is 0.304. The third kappa shape index (κ3) is 5.94. The molecule has 0 saturated carbocycles. The highest BCUT2D eigenvalue weighted by molar-refractivity contribution is 7.84. The molecule has 0 unspecified atom stereocenters. The van der Waals surface area contributed by atoms with Gasteiger partial charge in [-0.2, -0.15) is 0 Å². The normalized spacial score (nSPS) is 13.0. The highest BCUT2D eigenvalue weighted by atomic mass is 32.1. The SMILES string of the molecule is CC(=O)N/C(C)=N/C=C(\S)CO. The summed E-state index contributed by atoms with van der Waals surface area (Å²) in [5.41, 5.74) is 0. The van der Waals surface area contributed by atoms with Gasteiger partial charge in [0.05, 0.1) is 6.61 Å². The van der Waals surface area contributed by atoms with Gasteiger partial charge < -0.3 is 10.4 Å². The Morgan fingerprint density at radius 3 is 2.67 bits per heavy atom. The molecule has 2 N–H and O–H groups in total. The van der Waals surface area contributed by atoms with Gasteiger partial charge in [0.2, 0.25) is 5.91 Å². The fraction of sp³-hybridized carbons (Fsp3) is 0.429. The van der Waals surface area contributed by atoms with E-state index >= 15 is 0 Å². The molecule has 4 nitrogen and oxygen atoms in total. The van der Waals surface area contributed by atoms with Crippen LogP contribution in [0.15, 0.2) is 16.1 Å². The van der Waals surface area contributed by atoms with Crippen LogP contribution in [-0.2, 0) is 4.79 Å². The quantitative estimate of drug-likeness (QED) is 0.332. The van der Waals surface area contributed by atoms with Crippen molar-refractivity contribution in [3.63, 3.8) is 0 Å². The molecule has 0 fully saturated rings. The zero-order valence-corrected chi connectivity index (χ0v) is 7.93. The lowest BCUT2D eigenvalue weighted by Gasteiger charge is -1.97. The van der Waals surface area contributed by atoms with Crippen LogP contribution in [-0.4, -0.2) is 23.5 Å². The van der Waals surface area contributed by atoms with E-state index in [1.807, 2.05) is 0 Å². The van der Waals surface area contributed by atoms with Gasteiger partial charge in [-0.1, -0.05) is 0 Å². The van der Waals surface area contributed by atoms with E-state index in [1.165, 1.54) is 13.1 Å². The van der Waals surface area contributed by atoms with Gasteiger partial charge in [0.15, 0.2) is 0 Å². The molecule has 0 radical (unpaired) electrons. The average molecular weight is 188 g/mol. The van der Waals surface area contributed by atoms with Crippen LogP contribution in [0.2, 0.25) is 0 Å². The van der Waals surface area contributed by atoms with Crippen molar-refractivity contribution in [2.75, 3.05) is 6.61 Å². The molecule has 0 saturated heterocycles. The molecule has 0 aliphatic carbocycles. The lowest BCUT2D eigenvalue weighted by Crippen LogP contribution is -2.25. The molecule has 12 heavy (non-hydrogen) atoms. The molecular weight excluding hydrogens is 176 g/mol. The van der Waals surface area contributed by atoms with Gasteiger partial charge in [0.25, 0.3) is 0 Å². The van der Waals surface area contributed by atoms with E-state index in [-0.39, 0.29) is 12.5 Å². The van der Waals surface area contributed by atoms with Crippen LogP contribution >= 0.6 is 12.6 Å². The van der Waals surface area contributed by atoms with Gasteiger partial charge >= 0.3 is 0 Å². The van der Waals surface area contributed by atoms with E-state index in [4.69, 9.17) is 5.11 Å². The molecule has 0 spiro atoms. The first-order valence-electron chi connectivity index (χ1n) is 3.37. The second-order valence-electron chi connectivity index (χ2n) is 2.17. The van der Waals surface area contributed by atoms with E-state index in [0.29, 0.717) is 10.7 Å². The minimum atomic E-state index is -0.172. The smallest absolute Gasteiger partial charge is 0.222 e. The minimum Gasteiger partial charge on any atom is -0.391 e. The summed E-state index contributed by atoms with van der Waals surface area (Å²) < 4.78 is 0. The number of nitrogens with one attached hydrogen (secondary N) is 1. The number of aliphatic imine (C=N–C) groups is 1. The Bertz CT molecular complexity index is 223. The van der Waals surface area contributed by atoms with Crippen molar-refractivity contribution < 1.29 is 9.90 Å². The van der Waals surface area contributed by atoms with Crippen LogP contribution in [0, 0.1) is 0 Å². The van der Waals surface area contributed by atoms with Crippen molar-refractivity contribution in [3.05, 3.63) is 11.1 Å². The minimum absolute atomic E-state index is 0.153. The van der Waals surface area contributed by atoms with Gasteiger partial charge in [-0.05, 0) is 6.92 Å². The molecule has 68 valence electrons. The monoisotopic (exact) mass is 188 g/mol. The van der Waals surface area contributed by atoms with Crippen LogP contribution in [0.3, 0.4) is 0 Å². The van der Waals surface area contributed by atoms with E-state index in [2.05, 4.69) is 22.9 Å². The standard InChI is InChI=1S/C7H12N2O2S/c1-5(9-6(2)11)8-3-7(12)4-10/h3,10,12H,4H2,1-2H3,(H,8,9,11)/b7-3-. The third-order valence-electron chi connectivity index (χ3n) is 0.926. The maximum atomic E-state index is 10.5. The highest BCUT2D eigenvalue weighted by Gasteiger charge is 1.91. The maximum absolute atomic E-state index is 10.5. The van der Waals surface area contributed by atoms with Gasteiger partial charge in [-0.3, -0.25) is 4.79 Å². The molecule has 5 heteroatoms. The number of hydrogen-bond donors (Lipinski definition) is 3. The van der Waals surface area contributed by atoms with Crippen molar-refractivity contribution in [2.24, 2.45) is 4.99 Å². The summed E-state index contributed by atoms with van der Waals surface area (Å²) in [6.45, 7) is 2.90. The molecule has 0 aromatic carbocycles. The van der Waals surface area contributed by atoms with Crippen LogP contribution in [0.4, 0.5) is 0 Å². The Labute approximate surface area is 76.8 Å².